The first-order chi connectivity index (χ1) is 8.52. The van der Waals surface area contributed by atoms with Crippen LogP contribution < -0.4 is 10.6 Å². The van der Waals surface area contributed by atoms with E-state index in [0.29, 0.717) is 13.1 Å². The van der Waals surface area contributed by atoms with E-state index in [1.165, 1.54) is 0 Å². The van der Waals surface area contributed by atoms with Gasteiger partial charge >= 0.3 is 0 Å². The van der Waals surface area contributed by atoms with Gasteiger partial charge < -0.3 is 20.3 Å². The number of likely N-dealkylation sites (N-methyl/N-ethyl adjacent to an activating group) is 1. The van der Waals surface area contributed by atoms with Gasteiger partial charge in [0.2, 0.25) is 5.91 Å². The number of hydrogen-bond acceptors (Lipinski definition) is 4. The average molecular weight is 257 g/mol. The first kappa shape index (κ1) is 15.4. The Bertz CT molecular complexity index is 263. The number of ether oxygens (including phenoxy) is 1. The molecule has 18 heavy (non-hydrogen) atoms. The van der Waals surface area contributed by atoms with Crippen molar-refractivity contribution < 1.29 is 9.53 Å². The summed E-state index contributed by atoms with van der Waals surface area (Å²) in [5, 5.41) is 6.11. The minimum absolute atomic E-state index is 0.00838. The van der Waals surface area contributed by atoms with Gasteiger partial charge in [-0.1, -0.05) is 6.92 Å². The summed E-state index contributed by atoms with van der Waals surface area (Å²) < 4.78 is 5.42. The molecular weight excluding hydrogens is 230 g/mol. The Morgan fingerprint density at radius 2 is 2.00 bits per heavy atom. The van der Waals surface area contributed by atoms with E-state index in [9.17, 15) is 4.79 Å². The van der Waals surface area contributed by atoms with E-state index in [1.54, 1.807) is 0 Å². The van der Waals surface area contributed by atoms with Gasteiger partial charge in [0.25, 0.3) is 0 Å². The van der Waals surface area contributed by atoms with Crippen LogP contribution in [0.15, 0.2) is 0 Å². The van der Waals surface area contributed by atoms with Gasteiger partial charge in [-0.05, 0) is 34.0 Å². The Morgan fingerprint density at radius 1 is 1.39 bits per heavy atom. The highest BCUT2D eigenvalue weighted by Crippen LogP contribution is 2.25. The van der Waals surface area contributed by atoms with E-state index in [2.05, 4.69) is 29.6 Å². The number of amides is 1. The Hall–Kier alpha value is -0.650. The number of hydrogen-bond donors (Lipinski definition) is 2. The highest BCUT2D eigenvalue weighted by molar-refractivity contribution is 5.78. The van der Waals surface area contributed by atoms with E-state index in [4.69, 9.17) is 4.74 Å². The lowest BCUT2D eigenvalue weighted by molar-refractivity contribution is -0.125. The van der Waals surface area contributed by atoms with Crippen molar-refractivity contribution in [2.45, 2.75) is 25.3 Å². The smallest absolute Gasteiger partial charge is 0.224 e. The monoisotopic (exact) mass is 257 g/mol. The normalized spacial score (nSPS) is 20.7. The molecule has 0 aromatic rings. The van der Waals surface area contributed by atoms with E-state index in [-0.39, 0.29) is 17.4 Å². The molecule has 106 valence electrons. The molecule has 0 radical (unpaired) electrons. The molecule has 0 aromatic heterocycles. The molecule has 1 saturated heterocycles. The summed E-state index contributed by atoms with van der Waals surface area (Å²) in [7, 11) is 6.02. The van der Waals surface area contributed by atoms with E-state index < -0.39 is 0 Å². The quantitative estimate of drug-likeness (QED) is 0.707. The van der Waals surface area contributed by atoms with Crippen LogP contribution in [0.4, 0.5) is 0 Å². The summed E-state index contributed by atoms with van der Waals surface area (Å²) in [5.74, 6) is 0.131. The molecule has 0 spiro atoms. The number of nitrogens with zero attached hydrogens (tertiary/aromatic N) is 1. The van der Waals surface area contributed by atoms with Crippen molar-refractivity contribution in [3.05, 3.63) is 0 Å². The van der Waals surface area contributed by atoms with Gasteiger partial charge in [-0.25, -0.2) is 0 Å². The highest BCUT2D eigenvalue weighted by Gasteiger charge is 2.35. The molecule has 0 aliphatic carbocycles. The summed E-state index contributed by atoms with van der Waals surface area (Å²) in [4.78, 5) is 14.2. The predicted octanol–water partition coefficient (Wildman–Crippen LogP) is 0.0689. The van der Waals surface area contributed by atoms with E-state index >= 15 is 0 Å². The Kier molecular flexibility index (Phi) is 6.05. The van der Waals surface area contributed by atoms with Crippen LogP contribution >= 0.6 is 0 Å². The maximum Gasteiger partial charge on any atom is 0.224 e. The molecule has 1 rings (SSSR count). The molecule has 0 aromatic carbocycles. The van der Waals surface area contributed by atoms with Crippen LogP contribution in [-0.4, -0.2) is 63.8 Å². The third-order valence-corrected chi connectivity index (χ3v) is 3.92. The van der Waals surface area contributed by atoms with Crippen molar-refractivity contribution in [1.29, 1.82) is 0 Å². The van der Waals surface area contributed by atoms with Crippen molar-refractivity contribution in [2.75, 3.05) is 47.4 Å². The van der Waals surface area contributed by atoms with E-state index in [0.717, 1.165) is 26.1 Å². The van der Waals surface area contributed by atoms with Gasteiger partial charge in [-0.3, -0.25) is 4.79 Å². The number of nitrogens with one attached hydrogen (secondary N) is 2. The Balaban J connectivity index is 2.49. The second kappa shape index (κ2) is 7.07. The standard InChI is InChI=1S/C13H27N3O2/c1-11(9-14-2)12(17)15-10-13(16(3)4)5-7-18-8-6-13/h11,14H,5-10H2,1-4H3,(H,15,17). The zero-order valence-electron chi connectivity index (χ0n) is 12.1. The molecule has 2 N–H and O–H groups in total. The lowest BCUT2D eigenvalue weighted by Gasteiger charge is -2.43. The number of carbonyl (C=O) groups is 1. The fourth-order valence-corrected chi connectivity index (χ4v) is 2.36. The topological polar surface area (TPSA) is 53.6 Å². The molecule has 1 unspecified atom stereocenters. The maximum atomic E-state index is 11.9. The predicted molar refractivity (Wildman–Crippen MR) is 72.6 cm³/mol. The SMILES string of the molecule is CNCC(C)C(=O)NCC1(N(C)C)CCOCC1. The van der Waals surface area contributed by atoms with Crippen LogP contribution in [0.5, 0.6) is 0 Å². The van der Waals surface area contributed by atoms with Crippen LogP contribution in [0.1, 0.15) is 19.8 Å². The first-order valence-electron chi connectivity index (χ1n) is 6.69. The van der Waals surface area contributed by atoms with Crippen molar-refractivity contribution in [3.8, 4) is 0 Å². The molecular formula is C13H27N3O2. The number of rotatable bonds is 6. The first-order valence-corrected chi connectivity index (χ1v) is 6.69. The Morgan fingerprint density at radius 3 is 2.50 bits per heavy atom. The third kappa shape index (κ3) is 3.93. The minimum atomic E-state index is 0.00838. The molecule has 0 saturated carbocycles. The molecule has 1 aliphatic heterocycles. The largest absolute Gasteiger partial charge is 0.381 e. The molecule has 5 nitrogen and oxygen atoms in total. The molecule has 1 heterocycles. The minimum Gasteiger partial charge on any atom is -0.381 e. The van der Waals surface area contributed by atoms with Gasteiger partial charge in [-0.15, -0.1) is 0 Å². The lowest BCUT2D eigenvalue weighted by atomic mass is 9.88. The molecule has 0 bridgehead atoms. The highest BCUT2D eigenvalue weighted by atomic mass is 16.5. The molecule has 1 aliphatic rings. The maximum absolute atomic E-state index is 11.9. The summed E-state index contributed by atoms with van der Waals surface area (Å²) in [6, 6.07) is 0. The summed E-state index contributed by atoms with van der Waals surface area (Å²) in [5.41, 5.74) is 0.0489. The van der Waals surface area contributed by atoms with Crippen LogP contribution in [0.2, 0.25) is 0 Å². The zero-order valence-corrected chi connectivity index (χ0v) is 12.1. The molecule has 1 atom stereocenters. The summed E-state index contributed by atoms with van der Waals surface area (Å²) in [6.45, 7) is 4.92. The third-order valence-electron chi connectivity index (χ3n) is 3.92. The van der Waals surface area contributed by atoms with Crippen LogP contribution in [-0.2, 0) is 9.53 Å². The second-order valence-corrected chi connectivity index (χ2v) is 5.41. The van der Waals surface area contributed by atoms with Gasteiger partial charge in [0.15, 0.2) is 0 Å². The lowest BCUT2D eigenvalue weighted by Crippen LogP contribution is -2.56. The van der Waals surface area contributed by atoms with Crippen LogP contribution in [0, 0.1) is 5.92 Å². The second-order valence-electron chi connectivity index (χ2n) is 5.41. The fourth-order valence-electron chi connectivity index (χ4n) is 2.36. The van der Waals surface area contributed by atoms with Gasteiger partial charge in [-0.2, -0.15) is 0 Å². The summed E-state index contributed by atoms with van der Waals surface area (Å²) >= 11 is 0. The molecule has 5 heteroatoms. The van der Waals surface area contributed by atoms with Gasteiger partial charge in [0.05, 0.1) is 0 Å². The van der Waals surface area contributed by atoms with Crippen LogP contribution in [0.25, 0.3) is 0 Å². The molecule has 1 fully saturated rings. The van der Waals surface area contributed by atoms with Crippen molar-refractivity contribution in [3.63, 3.8) is 0 Å². The van der Waals surface area contributed by atoms with Crippen LogP contribution in [0.3, 0.4) is 0 Å². The fraction of sp³-hybridized carbons (Fsp3) is 0.923. The zero-order chi connectivity index (χ0) is 13.6. The summed E-state index contributed by atoms with van der Waals surface area (Å²) in [6.07, 6.45) is 1.95. The number of carbonyl (C=O) groups excluding carboxylic acids is 1. The van der Waals surface area contributed by atoms with E-state index in [1.807, 2.05) is 14.0 Å². The van der Waals surface area contributed by atoms with Gasteiger partial charge in [0.1, 0.15) is 0 Å². The van der Waals surface area contributed by atoms with Crippen molar-refractivity contribution >= 4 is 5.91 Å². The average Bonchev–Trinajstić information content (AvgIpc) is 2.37. The van der Waals surface area contributed by atoms with Crippen molar-refractivity contribution in [2.24, 2.45) is 5.92 Å². The molecule has 1 amide bonds. The Labute approximate surface area is 110 Å². The van der Waals surface area contributed by atoms with Gasteiger partial charge in [0, 0.05) is 37.8 Å². The van der Waals surface area contributed by atoms with Crippen molar-refractivity contribution in [1.82, 2.24) is 15.5 Å².